The minimum atomic E-state index is -0.208. The van der Waals surface area contributed by atoms with E-state index >= 15 is 0 Å². The van der Waals surface area contributed by atoms with Gasteiger partial charge in [0, 0.05) is 19.6 Å². The summed E-state index contributed by atoms with van der Waals surface area (Å²) in [5.74, 6) is 2.34. The Hall–Kier alpha value is -5.13. The Morgan fingerprint density at radius 2 is 0.522 bits per heavy atom. The molecule has 0 unspecified atom stereocenters. The Balaban J connectivity index is 1.98. The zero-order valence-corrected chi connectivity index (χ0v) is 43.4. The van der Waals surface area contributed by atoms with Crippen molar-refractivity contribution in [2.24, 2.45) is 0 Å². The monoisotopic (exact) mass is 958 g/mol. The van der Waals surface area contributed by atoms with Gasteiger partial charge in [-0.2, -0.15) is 0 Å². The van der Waals surface area contributed by atoms with Crippen LogP contribution in [0.4, 0.5) is 0 Å². The fourth-order valence-corrected chi connectivity index (χ4v) is 8.15. The van der Waals surface area contributed by atoms with E-state index in [2.05, 4.69) is 57.5 Å². The molecule has 0 saturated carbocycles. The van der Waals surface area contributed by atoms with Crippen LogP contribution < -0.4 is 44.4 Å². The Labute approximate surface area is 414 Å². The lowest BCUT2D eigenvalue weighted by atomic mass is 9.93. The predicted molar refractivity (Wildman–Crippen MR) is 282 cm³/mol. The van der Waals surface area contributed by atoms with E-state index in [1.165, 1.54) is 19.3 Å². The topological polar surface area (TPSA) is 143 Å². The number of fused-ring (bicyclic) bond motifs is 6. The second-order valence-electron chi connectivity index (χ2n) is 18.3. The van der Waals surface area contributed by atoms with Gasteiger partial charge in [0.25, 0.3) is 17.7 Å². The molecule has 69 heavy (non-hydrogen) atoms. The van der Waals surface area contributed by atoms with E-state index in [9.17, 15) is 14.4 Å². The van der Waals surface area contributed by atoms with Crippen molar-refractivity contribution in [3.8, 4) is 34.5 Å². The van der Waals surface area contributed by atoms with Crippen LogP contribution in [0.15, 0.2) is 36.4 Å². The molecule has 0 spiro atoms. The summed E-state index contributed by atoms with van der Waals surface area (Å²) in [5.41, 5.74) is 0. The molecule has 0 aromatic heterocycles. The van der Waals surface area contributed by atoms with Gasteiger partial charge in [-0.3, -0.25) is 14.4 Å². The molecular formula is C57H87N3O9. The summed E-state index contributed by atoms with van der Waals surface area (Å²) in [4.78, 5) is 39.2. The lowest BCUT2D eigenvalue weighted by Gasteiger charge is -2.20. The number of rotatable bonds is 39. The van der Waals surface area contributed by atoms with Gasteiger partial charge < -0.3 is 44.4 Å². The van der Waals surface area contributed by atoms with E-state index in [0.717, 1.165) is 148 Å². The minimum absolute atomic E-state index is 0.165. The molecular weight excluding hydrogens is 871 g/mol. The first kappa shape index (κ1) is 56.5. The van der Waals surface area contributed by atoms with Crippen molar-refractivity contribution in [2.45, 2.75) is 176 Å². The molecule has 12 heteroatoms. The summed E-state index contributed by atoms with van der Waals surface area (Å²) in [6.45, 7) is 15.6. The molecule has 0 atom stereocenters. The van der Waals surface area contributed by atoms with Crippen molar-refractivity contribution in [3.05, 3.63) is 36.4 Å². The second kappa shape index (κ2) is 33.4. The van der Waals surface area contributed by atoms with E-state index in [1.807, 2.05) is 36.4 Å². The average Bonchev–Trinajstić information content (AvgIpc) is 3.35. The lowest BCUT2D eigenvalue weighted by molar-refractivity contribution is -0.123. The molecule has 0 aliphatic rings. The van der Waals surface area contributed by atoms with Gasteiger partial charge >= 0.3 is 0 Å². The first-order valence-electron chi connectivity index (χ1n) is 26.9. The second-order valence-corrected chi connectivity index (χ2v) is 18.3. The third kappa shape index (κ3) is 19.7. The molecule has 4 rings (SSSR count). The van der Waals surface area contributed by atoms with Crippen LogP contribution in [0.25, 0.3) is 32.3 Å². The molecule has 12 nitrogen and oxygen atoms in total. The van der Waals surface area contributed by atoms with Crippen molar-refractivity contribution in [3.63, 3.8) is 0 Å². The third-order valence-electron chi connectivity index (χ3n) is 12.3. The van der Waals surface area contributed by atoms with Gasteiger partial charge in [0.1, 0.15) is 0 Å². The van der Waals surface area contributed by atoms with Crippen molar-refractivity contribution in [2.75, 3.05) is 59.3 Å². The molecule has 0 radical (unpaired) electrons. The highest BCUT2D eigenvalue weighted by Crippen LogP contribution is 2.47. The molecule has 0 aliphatic carbocycles. The Kier molecular flexibility index (Phi) is 27.3. The Bertz CT molecular complexity index is 2140. The maximum absolute atomic E-state index is 13.1. The summed E-state index contributed by atoms with van der Waals surface area (Å²) >= 11 is 0. The van der Waals surface area contributed by atoms with Gasteiger partial charge in [-0.1, -0.05) is 138 Å². The van der Waals surface area contributed by atoms with Crippen LogP contribution in [0.2, 0.25) is 0 Å². The van der Waals surface area contributed by atoms with Crippen LogP contribution in [0, 0.1) is 0 Å². The largest absolute Gasteiger partial charge is 0.490 e. The zero-order valence-electron chi connectivity index (χ0n) is 43.4. The number of benzene rings is 4. The SMILES string of the molecule is CCCCCCCOc1cc2c3cc(OCCCCCCC)c(OCC(=O)NCCCC)cc3c3cc(OCC(=O)NCCCC)c(OCCCCCCC)cc3c2cc1OCC(=O)NCCCC. The molecule has 4 aromatic rings. The van der Waals surface area contributed by atoms with Crippen molar-refractivity contribution < 1.29 is 42.8 Å². The first-order chi connectivity index (χ1) is 33.8. The summed E-state index contributed by atoms with van der Waals surface area (Å²) in [7, 11) is 0. The van der Waals surface area contributed by atoms with Crippen LogP contribution in [-0.2, 0) is 14.4 Å². The fourth-order valence-electron chi connectivity index (χ4n) is 8.15. The van der Waals surface area contributed by atoms with Crippen LogP contribution in [0.3, 0.4) is 0 Å². The van der Waals surface area contributed by atoms with E-state index in [-0.39, 0.29) is 37.5 Å². The number of carbonyl (C=O) groups is 3. The summed E-state index contributed by atoms with van der Waals surface area (Å²) in [6.07, 6.45) is 21.7. The standard InChI is InChI=1S/C57H87N3O9/c1-7-13-19-22-25-31-64-49-34-43-44-35-50(65-32-26-23-20-14-8-2)53(68-41-56(62)59-29-17-11-5)38-47(44)48-39-54(69-42-57(63)60-30-18-12-6)51(66-33-27-24-21-15-9-3)36-45(48)46(43)37-52(49)67-40-55(61)58-28-16-10-4/h34-39H,7-33,40-42H2,1-6H3,(H,58,61)(H,59,62)(H,60,63). The maximum atomic E-state index is 13.1. The summed E-state index contributed by atoms with van der Waals surface area (Å²) in [5, 5.41) is 14.0. The van der Waals surface area contributed by atoms with Crippen molar-refractivity contribution in [1.82, 2.24) is 16.0 Å². The number of hydrogen-bond acceptors (Lipinski definition) is 9. The van der Waals surface area contributed by atoms with Crippen LogP contribution in [0.5, 0.6) is 34.5 Å². The first-order valence-corrected chi connectivity index (χ1v) is 26.9. The molecule has 0 saturated heterocycles. The highest BCUT2D eigenvalue weighted by atomic mass is 16.5. The molecule has 384 valence electrons. The van der Waals surface area contributed by atoms with Gasteiger partial charge in [0.2, 0.25) is 0 Å². The van der Waals surface area contributed by atoms with E-state index in [1.54, 1.807) is 0 Å². The van der Waals surface area contributed by atoms with Gasteiger partial charge in [-0.05, 0) is 107 Å². The summed E-state index contributed by atoms with van der Waals surface area (Å²) in [6, 6.07) is 11.9. The van der Waals surface area contributed by atoms with Gasteiger partial charge in [-0.25, -0.2) is 0 Å². The number of unbranched alkanes of at least 4 members (excludes halogenated alkanes) is 15. The highest BCUT2D eigenvalue weighted by Gasteiger charge is 2.22. The Morgan fingerprint density at radius 1 is 0.304 bits per heavy atom. The van der Waals surface area contributed by atoms with Crippen LogP contribution in [-0.4, -0.2) is 77.0 Å². The lowest BCUT2D eigenvalue weighted by Crippen LogP contribution is -2.29. The number of amides is 3. The smallest absolute Gasteiger partial charge is 0.257 e. The quantitative estimate of drug-likeness (QED) is 0.0294. The number of ether oxygens (including phenoxy) is 6. The molecule has 0 heterocycles. The van der Waals surface area contributed by atoms with E-state index < -0.39 is 0 Å². The maximum Gasteiger partial charge on any atom is 0.257 e. The highest BCUT2D eigenvalue weighted by molar-refractivity contribution is 6.27. The number of carbonyl (C=O) groups excluding carboxylic acids is 3. The van der Waals surface area contributed by atoms with Crippen molar-refractivity contribution >= 4 is 50.0 Å². The normalized spacial score (nSPS) is 11.2. The third-order valence-corrected chi connectivity index (χ3v) is 12.3. The molecule has 3 N–H and O–H groups in total. The van der Waals surface area contributed by atoms with Crippen molar-refractivity contribution in [1.29, 1.82) is 0 Å². The molecule has 0 fully saturated rings. The minimum Gasteiger partial charge on any atom is -0.490 e. The molecule has 3 amide bonds. The van der Waals surface area contributed by atoms with Gasteiger partial charge in [0.15, 0.2) is 54.3 Å². The van der Waals surface area contributed by atoms with Gasteiger partial charge in [-0.15, -0.1) is 0 Å². The zero-order chi connectivity index (χ0) is 49.5. The summed E-state index contributed by atoms with van der Waals surface area (Å²) < 4.78 is 38.8. The van der Waals surface area contributed by atoms with E-state index in [0.29, 0.717) is 74.0 Å². The van der Waals surface area contributed by atoms with Crippen LogP contribution in [0.1, 0.15) is 176 Å². The molecule has 0 aliphatic heterocycles. The van der Waals surface area contributed by atoms with Crippen LogP contribution >= 0.6 is 0 Å². The number of nitrogens with one attached hydrogen (secondary N) is 3. The Morgan fingerprint density at radius 3 is 0.754 bits per heavy atom. The van der Waals surface area contributed by atoms with E-state index in [4.69, 9.17) is 28.4 Å². The molecule has 0 bridgehead atoms. The predicted octanol–water partition coefficient (Wildman–Crippen LogP) is 13.1. The fraction of sp³-hybridized carbons (Fsp3) is 0.632. The average molecular weight is 958 g/mol. The van der Waals surface area contributed by atoms with Gasteiger partial charge in [0.05, 0.1) is 19.8 Å². The molecule has 4 aromatic carbocycles. The number of hydrogen-bond donors (Lipinski definition) is 3.